The van der Waals surface area contributed by atoms with Gasteiger partial charge in [-0.25, -0.2) is 0 Å². The molecule has 6 heteroatoms. The molecule has 3 aliphatic rings. The molecule has 6 nitrogen and oxygen atoms in total. The summed E-state index contributed by atoms with van der Waals surface area (Å²) in [5.41, 5.74) is -2.51. The Morgan fingerprint density at radius 3 is 2.14 bits per heavy atom. The molecule has 0 radical (unpaired) electrons. The van der Waals surface area contributed by atoms with Gasteiger partial charge in [0, 0.05) is 0 Å². The number of carboxylic acid groups (broad SMARTS) is 2. The van der Waals surface area contributed by atoms with Gasteiger partial charge in [0.05, 0.1) is 36.3 Å². The first-order valence-corrected chi connectivity index (χ1v) is 7.62. The largest absolute Gasteiger partial charge is 0.481 e. The molecule has 1 aliphatic carbocycles. The molecular formula is C15H22O6. The van der Waals surface area contributed by atoms with Crippen LogP contribution in [0.25, 0.3) is 0 Å². The third kappa shape index (κ3) is 2.25. The first-order chi connectivity index (χ1) is 9.92. The maximum absolute atomic E-state index is 12.2. The SMILES string of the molecule is CC1CCCC(CC2CO2)(C(=O)O)C1(CC1CO1)C(=O)O. The summed E-state index contributed by atoms with van der Waals surface area (Å²) in [6.07, 6.45) is 2.28. The average molecular weight is 298 g/mol. The monoisotopic (exact) mass is 298 g/mol. The molecule has 0 spiro atoms. The molecule has 2 heterocycles. The number of ether oxygens (including phenoxy) is 2. The zero-order valence-corrected chi connectivity index (χ0v) is 12.2. The predicted octanol–water partition coefficient (Wildman–Crippen LogP) is 1.53. The summed E-state index contributed by atoms with van der Waals surface area (Å²) in [7, 11) is 0. The fourth-order valence-electron chi connectivity index (χ4n) is 4.34. The average Bonchev–Trinajstić information content (AvgIpc) is 3.28. The van der Waals surface area contributed by atoms with Crippen molar-refractivity contribution in [1.29, 1.82) is 0 Å². The number of hydrogen-bond acceptors (Lipinski definition) is 4. The van der Waals surface area contributed by atoms with Gasteiger partial charge in [0.25, 0.3) is 0 Å². The summed E-state index contributed by atoms with van der Waals surface area (Å²) >= 11 is 0. The molecule has 118 valence electrons. The van der Waals surface area contributed by atoms with E-state index in [-0.39, 0.29) is 18.1 Å². The van der Waals surface area contributed by atoms with Crippen molar-refractivity contribution in [2.24, 2.45) is 16.7 Å². The molecule has 0 amide bonds. The lowest BCUT2D eigenvalue weighted by molar-refractivity contribution is -0.190. The van der Waals surface area contributed by atoms with Crippen molar-refractivity contribution in [2.45, 2.75) is 51.2 Å². The molecule has 5 unspecified atom stereocenters. The van der Waals surface area contributed by atoms with Crippen molar-refractivity contribution in [1.82, 2.24) is 0 Å². The quantitative estimate of drug-likeness (QED) is 0.721. The van der Waals surface area contributed by atoms with E-state index in [2.05, 4.69) is 0 Å². The van der Waals surface area contributed by atoms with Crippen molar-refractivity contribution < 1.29 is 29.3 Å². The van der Waals surface area contributed by atoms with Gasteiger partial charge < -0.3 is 19.7 Å². The van der Waals surface area contributed by atoms with Crippen LogP contribution in [-0.2, 0) is 19.1 Å². The Balaban J connectivity index is 2.05. The van der Waals surface area contributed by atoms with Crippen molar-refractivity contribution in [3.8, 4) is 0 Å². The van der Waals surface area contributed by atoms with Crippen LogP contribution in [0.2, 0.25) is 0 Å². The number of epoxide rings is 2. The molecule has 2 N–H and O–H groups in total. The van der Waals surface area contributed by atoms with Gasteiger partial charge in [-0.2, -0.15) is 0 Å². The Labute approximate surface area is 123 Å². The van der Waals surface area contributed by atoms with Crippen molar-refractivity contribution in [3.63, 3.8) is 0 Å². The van der Waals surface area contributed by atoms with E-state index in [1.807, 2.05) is 6.92 Å². The van der Waals surface area contributed by atoms with E-state index in [0.717, 1.165) is 12.8 Å². The smallest absolute Gasteiger partial charge is 0.311 e. The summed E-state index contributed by atoms with van der Waals surface area (Å²) in [4.78, 5) is 24.4. The predicted molar refractivity (Wildman–Crippen MR) is 71.9 cm³/mol. The summed E-state index contributed by atoms with van der Waals surface area (Å²) < 4.78 is 10.5. The van der Waals surface area contributed by atoms with Crippen LogP contribution in [0.1, 0.15) is 39.0 Å². The van der Waals surface area contributed by atoms with Crippen molar-refractivity contribution in [3.05, 3.63) is 0 Å². The highest BCUT2D eigenvalue weighted by Gasteiger charge is 2.67. The van der Waals surface area contributed by atoms with Crippen molar-refractivity contribution in [2.75, 3.05) is 13.2 Å². The highest BCUT2D eigenvalue weighted by atomic mass is 16.6. The Bertz CT molecular complexity index is 455. The lowest BCUT2D eigenvalue weighted by atomic mass is 9.48. The minimum Gasteiger partial charge on any atom is -0.481 e. The third-order valence-electron chi connectivity index (χ3n) is 5.66. The highest BCUT2D eigenvalue weighted by Crippen LogP contribution is 2.60. The van der Waals surface area contributed by atoms with Crippen LogP contribution in [0.15, 0.2) is 0 Å². The van der Waals surface area contributed by atoms with Crippen LogP contribution in [0.3, 0.4) is 0 Å². The minimum atomic E-state index is -1.26. The molecular weight excluding hydrogens is 276 g/mol. The van der Waals surface area contributed by atoms with Crippen LogP contribution < -0.4 is 0 Å². The normalized spacial score (nSPS) is 45.1. The van der Waals surface area contributed by atoms with E-state index in [0.29, 0.717) is 32.5 Å². The summed E-state index contributed by atoms with van der Waals surface area (Å²) in [6, 6.07) is 0. The van der Waals surface area contributed by atoms with E-state index in [9.17, 15) is 19.8 Å². The highest BCUT2D eigenvalue weighted by molar-refractivity contribution is 5.87. The van der Waals surface area contributed by atoms with Crippen LogP contribution in [0.5, 0.6) is 0 Å². The Morgan fingerprint density at radius 1 is 1.10 bits per heavy atom. The Hall–Kier alpha value is -1.14. The number of carbonyl (C=O) groups is 2. The van der Waals surface area contributed by atoms with Gasteiger partial charge in [-0.15, -0.1) is 0 Å². The second-order valence-electron chi connectivity index (χ2n) is 6.78. The molecule has 0 aromatic heterocycles. The number of carboxylic acids is 2. The second kappa shape index (κ2) is 4.95. The van der Waals surface area contributed by atoms with Gasteiger partial charge in [-0.05, 0) is 31.6 Å². The first-order valence-electron chi connectivity index (χ1n) is 7.62. The zero-order chi connectivity index (χ0) is 15.3. The fraction of sp³-hybridized carbons (Fsp3) is 0.867. The van der Waals surface area contributed by atoms with Crippen LogP contribution >= 0.6 is 0 Å². The van der Waals surface area contributed by atoms with E-state index < -0.39 is 22.8 Å². The van der Waals surface area contributed by atoms with Gasteiger partial charge in [0.1, 0.15) is 0 Å². The van der Waals surface area contributed by atoms with Gasteiger partial charge in [-0.3, -0.25) is 9.59 Å². The molecule has 5 atom stereocenters. The van der Waals surface area contributed by atoms with Gasteiger partial charge >= 0.3 is 11.9 Å². The topological polar surface area (TPSA) is 99.7 Å². The summed E-state index contributed by atoms with van der Waals surface area (Å²) in [5.74, 6) is -2.16. The summed E-state index contributed by atoms with van der Waals surface area (Å²) in [6.45, 7) is 2.96. The van der Waals surface area contributed by atoms with Gasteiger partial charge in [-0.1, -0.05) is 13.3 Å². The molecule has 2 saturated heterocycles. The number of rotatable bonds is 6. The maximum Gasteiger partial charge on any atom is 0.311 e. The van der Waals surface area contributed by atoms with Crippen LogP contribution in [-0.4, -0.2) is 47.6 Å². The third-order valence-corrected chi connectivity index (χ3v) is 5.66. The second-order valence-corrected chi connectivity index (χ2v) is 6.78. The van der Waals surface area contributed by atoms with Crippen molar-refractivity contribution >= 4 is 11.9 Å². The molecule has 0 bridgehead atoms. The molecule has 1 saturated carbocycles. The molecule has 3 fully saturated rings. The first kappa shape index (κ1) is 14.8. The number of hydrogen-bond donors (Lipinski definition) is 2. The molecule has 21 heavy (non-hydrogen) atoms. The number of aliphatic carboxylic acids is 2. The molecule has 0 aromatic carbocycles. The summed E-state index contributed by atoms with van der Waals surface area (Å²) in [5, 5.41) is 19.9. The standard InChI is InChI=1S/C15H22O6/c1-9-3-2-4-14(12(16)17,5-10-7-20-10)15(9,13(18)19)6-11-8-21-11/h9-11H,2-8H2,1H3,(H,16,17)(H,18,19). The lowest BCUT2D eigenvalue weighted by Crippen LogP contribution is -2.59. The Morgan fingerprint density at radius 2 is 1.67 bits per heavy atom. The Kier molecular flexibility index (Phi) is 3.48. The maximum atomic E-state index is 12.2. The van der Waals surface area contributed by atoms with E-state index in [4.69, 9.17) is 9.47 Å². The van der Waals surface area contributed by atoms with Gasteiger partial charge in [0.15, 0.2) is 0 Å². The molecule has 2 aliphatic heterocycles. The van der Waals surface area contributed by atoms with E-state index in [1.165, 1.54) is 0 Å². The lowest BCUT2D eigenvalue weighted by Gasteiger charge is -2.52. The van der Waals surface area contributed by atoms with E-state index in [1.54, 1.807) is 0 Å². The zero-order valence-electron chi connectivity index (χ0n) is 12.2. The molecule has 3 rings (SSSR count). The fourth-order valence-corrected chi connectivity index (χ4v) is 4.34. The van der Waals surface area contributed by atoms with E-state index >= 15 is 0 Å². The van der Waals surface area contributed by atoms with Gasteiger partial charge in [0.2, 0.25) is 0 Å². The van der Waals surface area contributed by atoms with Crippen LogP contribution in [0, 0.1) is 16.7 Å². The van der Waals surface area contributed by atoms with Crippen LogP contribution in [0.4, 0.5) is 0 Å². The minimum absolute atomic E-state index is 0.106. The molecule has 0 aromatic rings.